The molecular weight excluding hydrogens is 490 g/mol. The van der Waals surface area contributed by atoms with Crippen molar-refractivity contribution in [3.63, 3.8) is 0 Å². The summed E-state index contributed by atoms with van der Waals surface area (Å²) in [5.41, 5.74) is 5.05. The van der Waals surface area contributed by atoms with Crippen molar-refractivity contribution in [1.29, 1.82) is 0 Å². The molecule has 0 spiro atoms. The number of benzene rings is 1. The number of nitrogens with one attached hydrogen (secondary N) is 2. The third-order valence-electron chi connectivity index (χ3n) is 6.82. The van der Waals surface area contributed by atoms with Crippen LogP contribution in [-0.4, -0.2) is 55.4 Å². The van der Waals surface area contributed by atoms with Gasteiger partial charge in [-0.25, -0.2) is 17.7 Å². The zero-order chi connectivity index (χ0) is 26.0. The smallest absolute Gasteiger partial charge is 0.211 e. The van der Waals surface area contributed by atoms with Crippen molar-refractivity contribution in [2.24, 2.45) is 0 Å². The maximum absolute atomic E-state index is 12.0. The molecule has 2 aliphatic rings. The van der Waals surface area contributed by atoms with Crippen LogP contribution in [0.4, 0.5) is 11.5 Å². The fourth-order valence-corrected chi connectivity index (χ4v) is 5.79. The molecule has 0 radical (unpaired) electrons. The van der Waals surface area contributed by atoms with Crippen LogP contribution in [0.1, 0.15) is 41.5 Å². The number of carbonyl (C=O) groups excluding carboxylic acids is 1. The first-order chi connectivity index (χ1) is 17.9. The number of hydrogen-bond donors (Lipinski definition) is 2. The highest BCUT2D eigenvalue weighted by molar-refractivity contribution is 7.88. The monoisotopic (exact) mass is 519 g/mol. The molecule has 0 bridgehead atoms. The summed E-state index contributed by atoms with van der Waals surface area (Å²) in [4.78, 5) is 21.0. The molecule has 1 saturated heterocycles. The number of aromatic nitrogens is 2. The minimum Gasteiger partial charge on any atom is -0.495 e. The molecule has 2 unspecified atom stereocenters. The van der Waals surface area contributed by atoms with Crippen LogP contribution in [0.15, 0.2) is 55.0 Å². The highest BCUT2D eigenvalue weighted by Crippen LogP contribution is 2.35. The fraction of sp³-hybridized carbons (Fsp3) is 0.296. The molecule has 0 amide bonds. The van der Waals surface area contributed by atoms with Gasteiger partial charge < -0.3 is 20.2 Å². The van der Waals surface area contributed by atoms with Gasteiger partial charge in [0.15, 0.2) is 0 Å². The number of ether oxygens (including phenoxy) is 1. The van der Waals surface area contributed by atoms with E-state index in [-0.39, 0.29) is 5.92 Å². The van der Waals surface area contributed by atoms with Gasteiger partial charge in [0.2, 0.25) is 10.0 Å². The number of carbonyl (C=O) groups is 1. The number of fused-ring (bicyclic) bond motifs is 1. The molecule has 2 N–H and O–H groups in total. The van der Waals surface area contributed by atoms with Gasteiger partial charge in [-0.2, -0.15) is 0 Å². The van der Waals surface area contributed by atoms with Gasteiger partial charge in [0.1, 0.15) is 23.9 Å². The average Bonchev–Trinajstić information content (AvgIpc) is 2.92. The number of rotatable bonds is 7. The largest absolute Gasteiger partial charge is 0.495 e. The van der Waals surface area contributed by atoms with Gasteiger partial charge in [-0.1, -0.05) is 12.1 Å². The number of anilines is 2. The minimum absolute atomic E-state index is 0.154. The van der Waals surface area contributed by atoms with Crippen molar-refractivity contribution in [3.8, 4) is 17.0 Å². The summed E-state index contributed by atoms with van der Waals surface area (Å²) < 4.78 is 30.9. The first-order valence-electron chi connectivity index (χ1n) is 12.1. The minimum atomic E-state index is -3.20. The number of methoxy groups -OCH3 is 1. The Morgan fingerprint density at radius 1 is 1.19 bits per heavy atom. The van der Waals surface area contributed by atoms with Crippen LogP contribution >= 0.6 is 0 Å². The van der Waals surface area contributed by atoms with Gasteiger partial charge in [-0.05, 0) is 66.4 Å². The molecule has 1 fully saturated rings. The number of hydrogen-bond acceptors (Lipinski definition) is 8. The van der Waals surface area contributed by atoms with E-state index in [2.05, 4.69) is 15.6 Å². The summed E-state index contributed by atoms with van der Waals surface area (Å²) in [7, 11) is -1.61. The van der Waals surface area contributed by atoms with Crippen LogP contribution in [0.2, 0.25) is 0 Å². The number of piperidine rings is 1. The summed E-state index contributed by atoms with van der Waals surface area (Å²) in [5, 5.41) is 6.48. The van der Waals surface area contributed by atoms with E-state index < -0.39 is 16.1 Å². The maximum atomic E-state index is 12.0. The standard InChI is InChI=1S/C27H29N5O4S/c1-36-23-12-21(14-28-15-23)24-13-19-9-10-29-25(17-33)26(19)27(31-24)30-22-7-5-18(6-8-22)20-4-3-11-32(16-20)37(2,34)35/h5-10,12-15,17,20,25,29H,3-4,11,16H2,1-2H3,(H,30,31). The van der Waals surface area contributed by atoms with Gasteiger partial charge in [0.05, 0.1) is 25.3 Å². The van der Waals surface area contributed by atoms with E-state index in [1.165, 1.54) is 6.26 Å². The Bertz CT molecular complexity index is 1440. The van der Waals surface area contributed by atoms with E-state index >= 15 is 0 Å². The average molecular weight is 520 g/mol. The first-order valence-corrected chi connectivity index (χ1v) is 13.9. The Labute approximate surface area is 216 Å². The number of pyridine rings is 2. The Hall–Kier alpha value is -3.76. The van der Waals surface area contributed by atoms with Crippen LogP contribution in [-0.2, 0) is 14.8 Å². The van der Waals surface area contributed by atoms with E-state index in [0.29, 0.717) is 30.4 Å². The summed E-state index contributed by atoms with van der Waals surface area (Å²) in [6.45, 7) is 1.07. The van der Waals surface area contributed by atoms with Crippen molar-refractivity contribution < 1.29 is 17.9 Å². The lowest BCUT2D eigenvalue weighted by Gasteiger charge is -2.31. The van der Waals surface area contributed by atoms with E-state index in [1.54, 1.807) is 30.0 Å². The van der Waals surface area contributed by atoms with E-state index in [0.717, 1.165) is 47.1 Å². The number of nitrogens with zero attached hydrogens (tertiary/aromatic N) is 3. The highest BCUT2D eigenvalue weighted by atomic mass is 32.2. The van der Waals surface area contributed by atoms with Gasteiger partial charge >= 0.3 is 0 Å². The lowest BCUT2D eigenvalue weighted by Crippen LogP contribution is -2.38. The van der Waals surface area contributed by atoms with Crippen LogP contribution in [0.25, 0.3) is 17.3 Å². The predicted molar refractivity (Wildman–Crippen MR) is 143 cm³/mol. The highest BCUT2D eigenvalue weighted by Gasteiger charge is 2.27. The second-order valence-corrected chi connectivity index (χ2v) is 11.3. The molecule has 37 heavy (non-hydrogen) atoms. The van der Waals surface area contributed by atoms with Crippen molar-refractivity contribution in [3.05, 3.63) is 71.7 Å². The zero-order valence-electron chi connectivity index (χ0n) is 20.7. The van der Waals surface area contributed by atoms with E-state index in [1.807, 2.05) is 42.5 Å². The van der Waals surface area contributed by atoms with Gasteiger partial charge in [-0.15, -0.1) is 0 Å². The van der Waals surface area contributed by atoms with Gasteiger partial charge in [0.25, 0.3) is 0 Å². The molecular formula is C27H29N5O4S. The van der Waals surface area contributed by atoms with Crippen molar-refractivity contribution >= 4 is 33.9 Å². The van der Waals surface area contributed by atoms with E-state index in [9.17, 15) is 13.2 Å². The van der Waals surface area contributed by atoms with Crippen LogP contribution < -0.4 is 15.4 Å². The molecule has 10 heteroatoms. The molecule has 2 aliphatic heterocycles. The van der Waals surface area contributed by atoms with Gasteiger partial charge in [0, 0.05) is 36.1 Å². The van der Waals surface area contributed by atoms with Crippen LogP contribution in [0, 0.1) is 0 Å². The second-order valence-electron chi connectivity index (χ2n) is 9.29. The Balaban J connectivity index is 1.46. The summed E-state index contributed by atoms with van der Waals surface area (Å²) >= 11 is 0. The number of aldehydes is 1. The number of sulfonamides is 1. The molecule has 0 aliphatic carbocycles. The summed E-state index contributed by atoms with van der Waals surface area (Å²) in [6, 6.07) is 11.2. The van der Waals surface area contributed by atoms with Crippen molar-refractivity contribution in [2.75, 3.05) is 31.8 Å². The Morgan fingerprint density at radius 2 is 2.00 bits per heavy atom. The molecule has 2 atom stereocenters. The van der Waals surface area contributed by atoms with Crippen molar-refractivity contribution in [2.45, 2.75) is 24.8 Å². The fourth-order valence-electron chi connectivity index (χ4n) is 4.88. The molecule has 0 saturated carbocycles. The van der Waals surface area contributed by atoms with E-state index in [4.69, 9.17) is 9.72 Å². The zero-order valence-corrected chi connectivity index (χ0v) is 21.5. The Morgan fingerprint density at radius 3 is 2.73 bits per heavy atom. The topological polar surface area (TPSA) is 114 Å². The molecule has 9 nitrogen and oxygen atoms in total. The maximum Gasteiger partial charge on any atom is 0.211 e. The molecule has 2 aromatic heterocycles. The summed E-state index contributed by atoms with van der Waals surface area (Å²) in [6.07, 6.45) is 11.0. The SMILES string of the molecule is COc1cncc(-c2cc3c(c(Nc4ccc(C5CCCN(S(C)(=O)=O)C5)cc4)n2)C(C=O)NC=C3)c1. The lowest BCUT2D eigenvalue weighted by atomic mass is 9.91. The molecule has 1 aromatic carbocycles. The second kappa shape index (κ2) is 10.3. The quantitative estimate of drug-likeness (QED) is 0.453. The van der Waals surface area contributed by atoms with Crippen LogP contribution in [0.3, 0.4) is 0 Å². The van der Waals surface area contributed by atoms with Gasteiger partial charge in [-0.3, -0.25) is 4.98 Å². The predicted octanol–water partition coefficient (Wildman–Crippen LogP) is 3.85. The first kappa shape index (κ1) is 24.9. The molecule has 4 heterocycles. The third-order valence-corrected chi connectivity index (χ3v) is 8.09. The van der Waals surface area contributed by atoms with Crippen molar-refractivity contribution in [1.82, 2.24) is 19.6 Å². The lowest BCUT2D eigenvalue weighted by molar-refractivity contribution is -0.109. The summed E-state index contributed by atoms with van der Waals surface area (Å²) in [5.74, 6) is 1.35. The molecule has 192 valence electrons. The normalized spacial score (nSPS) is 19.5. The third kappa shape index (κ3) is 5.35. The Kier molecular flexibility index (Phi) is 6.94. The van der Waals surface area contributed by atoms with Crippen LogP contribution in [0.5, 0.6) is 5.75 Å². The molecule has 5 rings (SSSR count). The molecule has 3 aromatic rings.